The maximum atomic E-state index is 13.7. The highest BCUT2D eigenvalue weighted by Crippen LogP contribution is 2.40. The smallest absolute Gasteiger partial charge is 0.340 e. The van der Waals surface area contributed by atoms with Crippen LogP contribution >= 0.6 is 0 Å². The van der Waals surface area contributed by atoms with Gasteiger partial charge in [0.2, 0.25) is 0 Å². The van der Waals surface area contributed by atoms with Crippen LogP contribution in [-0.2, 0) is 0 Å². The number of amides is 2. The second-order valence-corrected chi connectivity index (χ2v) is 11.8. The summed E-state index contributed by atoms with van der Waals surface area (Å²) in [6, 6.07) is 0.298. The molecule has 6 heteroatoms. The maximum absolute atomic E-state index is 13.7. The molecule has 1 saturated heterocycles. The summed E-state index contributed by atoms with van der Waals surface area (Å²) in [6.45, 7) is 10.8. The Morgan fingerprint density at radius 2 is 1.62 bits per heavy atom. The molecular formula is C33H47N5O. The van der Waals surface area contributed by atoms with Gasteiger partial charge in [-0.25, -0.2) is 14.8 Å². The van der Waals surface area contributed by atoms with Gasteiger partial charge in [-0.2, -0.15) is 5.10 Å². The molecule has 5 rings (SSSR count). The van der Waals surface area contributed by atoms with E-state index in [4.69, 9.17) is 0 Å². The SMILES string of the molecule is C=CN=C(/C=C(\C=C)C1=C2CCCC(=C1)C2)N1CCN(C(=O)N2N=CCC2C2CCCCCCCCC2)CC1. The number of hydrogen-bond donors (Lipinski definition) is 0. The molecule has 2 bridgehead atoms. The van der Waals surface area contributed by atoms with Crippen LogP contribution in [0.25, 0.3) is 0 Å². The molecule has 3 aliphatic carbocycles. The molecular weight excluding hydrogens is 482 g/mol. The van der Waals surface area contributed by atoms with E-state index < -0.39 is 0 Å². The summed E-state index contributed by atoms with van der Waals surface area (Å²) in [5.74, 6) is 1.46. The quantitative estimate of drug-likeness (QED) is 0.212. The molecule has 2 aliphatic heterocycles. The Morgan fingerprint density at radius 3 is 2.28 bits per heavy atom. The Bertz CT molecular complexity index is 1060. The summed E-state index contributed by atoms with van der Waals surface area (Å²) in [4.78, 5) is 22.6. The minimum absolute atomic E-state index is 0.0758. The van der Waals surface area contributed by atoms with Gasteiger partial charge in [0.15, 0.2) is 0 Å². The third kappa shape index (κ3) is 6.64. The average Bonchev–Trinajstić information content (AvgIpc) is 3.57. The van der Waals surface area contributed by atoms with Crippen LogP contribution in [0.4, 0.5) is 4.79 Å². The van der Waals surface area contributed by atoms with Crippen LogP contribution in [0.5, 0.6) is 0 Å². The molecule has 2 saturated carbocycles. The maximum Gasteiger partial charge on any atom is 0.340 e. The van der Waals surface area contributed by atoms with E-state index in [1.165, 1.54) is 88.2 Å². The number of carbonyl (C=O) groups excluding carboxylic acids is 1. The molecule has 0 aromatic carbocycles. The largest absolute Gasteiger partial charge is 0.353 e. The van der Waals surface area contributed by atoms with Crippen molar-refractivity contribution in [3.63, 3.8) is 0 Å². The molecule has 0 spiro atoms. The summed E-state index contributed by atoms with van der Waals surface area (Å²) in [5.41, 5.74) is 5.55. The molecule has 1 atom stereocenters. The first-order valence-corrected chi connectivity index (χ1v) is 15.5. The summed E-state index contributed by atoms with van der Waals surface area (Å²) in [5, 5.41) is 6.44. The number of hydrazone groups is 1. The number of piperazine rings is 1. The molecule has 3 fully saturated rings. The Labute approximate surface area is 235 Å². The number of amidine groups is 1. The Hall–Kier alpha value is -2.89. The second kappa shape index (κ2) is 13.5. The van der Waals surface area contributed by atoms with E-state index in [9.17, 15) is 4.79 Å². The van der Waals surface area contributed by atoms with Gasteiger partial charge in [-0.1, -0.05) is 81.4 Å². The van der Waals surface area contributed by atoms with Gasteiger partial charge >= 0.3 is 6.03 Å². The van der Waals surface area contributed by atoms with Gasteiger partial charge in [0, 0.05) is 45.0 Å². The molecule has 2 heterocycles. The molecule has 0 N–H and O–H groups in total. The highest BCUT2D eigenvalue weighted by atomic mass is 16.2. The van der Waals surface area contributed by atoms with Gasteiger partial charge < -0.3 is 9.80 Å². The van der Waals surface area contributed by atoms with Crippen LogP contribution in [-0.4, -0.2) is 65.1 Å². The van der Waals surface area contributed by atoms with Crippen molar-refractivity contribution >= 4 is 18.1 Å². The lowest BCUT2D eigenvalue weighted by molar-refractivity contribution is 0.105. The number of carbonyl (C=O) groups is 1. The lowest BCUT2D eigenvalue weighted by atomic mass is 9.85. The molecule has 0 aromatic rings. The second-order valence-electron chi connectivity index (χ2n) is 11.8. The number of aliphatic imine (C=N–C) groups is 1. The molecule has 2 amide bonds. The first-order chi connectivity index (χ1) is 19.2. The molecule has 0 radical (unpaired) electrons. The highest BCUT2D eigenvalue weighted by Gasteiger charge is 2.36. The van der Waals surface area contributed by atoms with E-state index in [0.29, 0.717) is 19.0 Å². The van der Waals surface area contributed by atoms with E-state index in [1.54, 1.807) is 11.8 Å². The topological polar surface area (TPSA) is 51.5 Å². The van der Waals surface area contributed by atoms with Gasteiger partial charge in [0.1, 0.15) is 5.84 Å². The monoisotopic (exact) mass is 529 g/mol. The van der Waals surface area contributed by atoms with Crippen molar-refractivity contribution in [1.82, 2.24) is 14.8 Å². The molecule has 210 valence electrons. The minimum atomic E-state index is 0.0758. The van der Waals surface area contributed by atoms with Crippen LogP contribution in [0, 0.1) is 5.92 Å². The van der Waals surface area contributed by atoms with Gasteiger partial charge in [-0.15, -0.1) is 0 Å². The minimum Gasteiger partial charge on any atom is -0.353 e. The van der Waals surface area contributed by atoms with Crippen molar-refractivity contribution in [2.75, 3.05) is 26.2 Å². The lowest BCUT2D eigenvalue weighted by Crippen LogP contribution is -2.54. The summed E-state index contributed by atoms with van der Waals surface area (Å²) >= 11 is 0. The van der Waals surface area contributed by atoms with E-state index in [1.807, 2.05) is 22.2 Å². The Balaban J connectivity index is 1.22. The zero-order valence-corrected chi connectivity index (χ0v) is 23.8. The number of urea groups is 1. The fourth-order valence-electron chi connectivity index (χ4n) is 7.13. The first kappa shape index (κ1) is 27.7. The average molecular weight is 530 g/mol. The van der Waals surface area contributed by atoms with Crippen molar-refractivity contribution < 1.29 is 4.79 Å². The van der Waals surface area contributed by atoms with Gasteiger partial charge in [-0.3, -0.25) is 0 Å². The zero-order valence-electron chi connectivity index (χ0n) is 23.8. The van der Waals surface area contributed by atoms with Gasteiger partial charge in [-0.05, 0) is 61.7 Å². The van der Waals surface area contributed by atoms with Crippen molar-refractivity contribution in [1.29, 1.82) is 0 Å². The third-order valence-corrected chi connectivity index (χ3v) is 9.32. The number of hydrogen-bond acceptors (Lipinski definition) is 3. The van der Waals surface area contributed by atoms with E-state index in [2.05, 4.69) is 40.3 Å². The van der Waals surface area contributed by atoms with Crippen molar-refractivity contribution in [3.8, 4) is 0 Å². The van der Waals surface area contributed by atoms with Crippen molar-refractivity contribution in [2.45, 2.75) is 95.9 Å². The predicted octanol–water partition coefficient (Wildman–Crippen LogP) is 7.39. The van der Waals surface area contributed by atoms with Crippen LogP contribution in [0.1, 0.15) is 89.9 Å². The van der Waals surface area contributed by atoms with E-state index in [0.717, 1.165) is 37.3 Å². The van der Waals surface area contributed by atoms with E-state index >= 15 is 0 Å². The summed E-state index contributed by atoms with van der Waals surface area (Å²) < 4.78 is 0. The number of nitrogens with zero attached hydrogens (tertiary/aromatic N) is 5. The van der Waals surface area contributed by atoms with Crippen molar-refractivity contribution in [3.05, 3.63) is 59.9 Å². The number of rotatable bonds is 5. The van der Waals surface area contributed by atoms with Gasteiger partial charge in [0.05, 0.1) is 6.04 Å². The van der Waals surface area contributed by atoms with Crippen LogP contribution < -0.4 is 0 Å². The lowest BCUT2D eigenvalue weighted by Gasteiger charge is -2.39. The number of fused-ring (bicyclic) bond motifs is 2. The first-order valence-electron chi connectivity index (χ1n) is 15.5. The third-order valence-electron chi connectivity index (χ3n) is 9.32. The normalized spacial score (nSPS) is 25.7. The fourth-order valence-corrected chi connectivity index (χ4v) is 7.13. The molecule has 39 heavy (non-hydrogen) atoms. The standard InChI is InChI=1S/C33H47N5O/c1-3-27(30-24-26-13-12-16-29(30)23-26)25-32(34-4-2)36-19-21-37(22-20-36)33(39)38-31(17-18-35-38)28-14-10-8-6-5-7-9-11-15-28/h3-4,18,24-25,28,31H,1-2,5-17,19-23H2/b27-25+,34-32?. The predicted molar refractivity (Wildman–Crippen MR) is 162 cm³/mol. The Kier molecular flexibility index (Phi) is 9.54. The summed E-state index contributed by atoms with van der Waals surface area (Å²) in [6.07, 6.45) is 27.5. The Morgan fingerprint density at radius 1 is 0.923 bits per heavy atom. The molecule has 6 nitrogen and oxygen atoms in total. The van der Waals surface area contributed by atoms with Gasteiger partial charge in [0.25, 0.3) is 0 Å². The van der Waals surface area contributed by atoms with Crippen molar-refractivity contribution in [2.24, 2.45) is 16.0 Å². The number of allylic oxidation sites excluding steroid dienone is 6. The van der Waals surface area contributed by atoms with Crippen LogP contribution in [0.15, 0.2) is 70.0 Å². The summed E-state index contributed by atoms with van der Waals surface area (Å²) in [7, 11) is 0. The molecule has 5 aliphatic rings. The molecule has 0 aromatic heterocycles. The van der Waals surface area contributed by atoms with Crippen LogP contribution in [0.3, 0.4) is 0 Å². The van der Waals surface area contributed by atoms with E-state index in [-0.39, 0.29) is 12.1 Å². The molecule has 1 unspecified atom stereocenters. The fraction of sp³-hybridized carbons (Fsp3) is 0.606. The highest BCUT2D eigenvalue weighted by molar-refractivity contribution is 5.95. The van der Waals surface area contributed by atoms with Crippen LogP contribution in [0.2, 0.25) is 0 Å². The zero-order chi connectivity index (χ0) is 27.0.